The van der Waals surface area contributed by atoms with Gasteiger partial charge in [-0.15, -0.1) is 0 Å². The van der Waals surface area contributed by atoms with Crippen molar-refractivity contribution in [2.24, 2.45) is 0 Å². The zero-order chi connectivity index (χ0) is 20.1. The van der Waals surface area contributed by atoms with E-state index < -0.39 is 0 Å². The standard InChI is InChI=1S/C23H22FN3O2/c24-20-6-4-18(5-7-20)17-29-22-3-1-2-19(16-22)23(28)27-14-12-26(13-15-27)21-8-10-25-11-9-21/h1-11,16H,12-15,17H2. The lowest BCUT2D eigenvalue weighted by molar-refractivity contribution is 0.0746. The Morgan fingerprint density at radius 1 is 0.966 bits per heavy atom. The number of hydrogen-bond donors (Lipinski definition) is 0. The summed E-state index contributed by atoms with van der Waals surface area (Å²) in [5.41, 5.74) is 2.61. The van der Waals surface area contributed by atoms with Gasteiger partial charge < -0.3 is 14.5 Å². The van der Waals surface area contributed by atoms with Crippen molar-refractivity contribution in [3.63, 3.8) is 0 Å². The number of anilines is 1. The fourth-order valence-corrected chi connectivity index (χ4v) is 3.37. The van der Waals surface area contributed by atoms with E-state index in [-0.39, 0.29) is 11.7 Å². The first-order valence-corrected chi connectivity index (χ1v) is 9.60. The van der Waals surface area contributed by atoms with Crippen molar-refractivity contribution in [1.29, 1.82) is 0 Å². The summed E-state index contributed by atoms with van der Waals surface area (Å²) in [5.74, 6) is 0.354. The third kappa shape index (κ3) is 4.71. The number of nitrogens with zero attached hydrogens (tertiary/aromatic N) is 3. The van der Waals surface area contributed by atoms with Crippen LogP contribution >= 0.6 is 0 Å². The Morgan fingerprint density at radius 3 is 2.41 bits per heavy atom. The highest BCUT2D eigenvalue weighted by Gasteiger charge is 2.22. The molecule has 1 aliphatic heterocycles. The van der Waals surface area contributed by atoms with Crippen LogP contribution in [0.1, 0.15) is 15.9 Å². The summed E-state index contributed by atoms with van der Waals surface area (Å²) in [4.78, 5) is 21.1. The second kappa shape index (κ2) is 8.73. The molecule has 3 aromatic rings. The zero-order valence-corrected chi connectivity index (χ0v) is 16.0. The minimum absolute atomic E-state index is 0.00612. The van der Waals surface area contributed by atoms with Gasteiger partial charge >= 0.3 is 0 Å². The van der Waals surface area contributed by atoms with E-state index in [2.05, 4.69) is 9.88 Å². The van der Waals surface area contributed by atoms with Gasteiger partial charge in [-0.3, -0.25) is 9.78 Å². The second-order valence-electron chi connectivity index (χ2n) is 6.93. The number of amides is 1. The molecule has 0 radical (unpaired) electrons. The van der Waals surface area contributed by atoms with Crippen LogP contribution in [0.5, 0.6) is 5.75 Å². The summed E-state index contributed by atoms with van der Waals surface area (Å²) in [6.07, 6.45) is 3.56. The van der Waals surface area contributed by atoms with E-state index in [9.17, 15) is 9.18 Å². The van der Waals surface area contributed by atoms with Crippen LogP contribution in [0, 0.1) is 5.82 Å². The second-order valence-corrected chi connectivity index (χ2v) is 6.93. The predicted octanol–water partition coefficient (Wildman–Crippen LogP) is 3.76. The molecule has 4 rings (SSSR count). The molecular formula is C23H22FN3O2. The third-order valence-electron chi connectivity index (χ3n) is 4.99. The quantitative estimate of drug-likeness (QED) is 0.664. The van der Waals surface area contributed by atoms with Crippen LogP contribution in [-0.4, -0.2) is 42.0 Å². The van der Waals surface area contributed by atoms with Gasteiger partial charge in [0.25, 0.3) is 5.91 Å². The van der Waals surface area contributed by atoms with Crippen molar-refractivity contribution in [3.05, 3.63) is 90.0 Å². The maximum Gasteiger partial charge on any atom is 0.254 e. The molecule has 2 heterocycles. The molecule has 0 saturated carbocycles. The summed E-state index contributed by atoms with van der Waals surface area (Å²) in [5, 5.41) is 0. The summed E-state index contributed by atoms with van der Waals surface area (Å²) in [6.45, 7) is 3.24. The first-order valence-electron chi connectivity index (χ1n) is 9.60. The first-order chi connectivity index (χ1) is 14.2. The monoisotopic (exact) mass is 391 g/mol. The number of aromatic nitrogens is 1. The van der Waals surface area contributed by atoms with Gasteiger partial charge in [0.2, 0.25) is 0 Å². The average Bonchev–Trinajstić information content (AvgIpc) is 2.79. The Labute approximate surface area is 169 Å². The van der Waals surface area contributed by atoms with E-state index in [1.165, 1.54) is 12.1 Å². The number of carbonyl (C=O) groups is 1. The number of ether oxygens (including phenoxy) is 1. The highest BCUT2D eigenvalue weighted by Crippen LogP contribution is 2.19. The van der Waals surface area contributed by atoms with Gasteiger partial charge in [-0.1, -0.05) is 18.2 Å². The van der Waals surface area contributed by atoms with Gasteiger partial charge in [0.05, 0.1) is 0 Å². The molecule has 1 saturated heterocycles. The van der Waals surface area contributed by atoms with Crippen LogP contribution in [0.25, 0.3) is 0 Å². The average molecular weight is 391 g/mol. The molecule has 1 amide bonds. The molecule has 1 aromatic heterocycles. The van der Waals surface area contributed by atoms with Gasteiger partial charge in [-0.2, -0.15) is 0 Å². The molecule has 29 heavy (non-hydrogen) atoms. The van der Waals surface area contributed by atoms with E-state index in [4.69, 9.17) is 4.74 Å². The zero-order valence-electron chi connectivity index (χ0n) is 16.0. The molecule has 1 aliphatic rings. The van der Waals surface area contributed by atoms with Crippen LogP contribution in [0.3, 0.4) is 0 Å². The molecule has 6 heteroatoms. The highest BCUT2D eigenvalue weighted by atomic mass is 19.1. The number of benzene rings is 2. The molecule has 0 N–H and O–H groups in total. The largest absolute Gasteiger partial charge is 0.489 e. The molecule has 0 aliphatic carbocycles. The molecule has 0 bridgehead atoms. The lowest BCUT2D eigenvalue weighted by atomic mass is 10.1. The molecule has 5 nitrogen and oxygen atoms in total. The fraction of sp³-hybridized carbons (Fsp3) is 0.217. The van der Waals surface area contributed by atoms with Crippen LogP contribution < -0.4 is 9.64 Å². The van der Waals surface area contributed by atoms with Gasteiger partial charge in [0.15, 0.2) is 0 Å². The number of rotatable bonds is 5. The van der Waals surface area contributed by atoms with Crippen molar-refractivity contribution in [2.45, 2.75) is 6.61 Å². The van der Waals surface area contributed by atoms with Gasteiger partial charge in [0.1, 0.15) is 18.2 Å². The van der Waals surface area contributed by atoms with Crippen molar-refractivity contribution in [3.8, 4) is 5.75 Å². The van der Waals surface area contributed by atoms with Gasteiger partial charge in [-0.25, -0.2) is 4.39 Å². The van der Waals surface area contributed by atoms with Crippen LogP contribution in [0.4, 0.5) is 10.1 Å². The van der Waals surface area contributed by atoms with Crippen LogP contribution in [-0.2, 0) is 6.61 Å². The first kappa shape index (κ1) is 18.9. The maximum atomic E-state index is 13.0. The Morgan fingerprint density at radius 2 is 1.69 bits per heavy atom. The van der Waals surface area contributed by atoms with Gasteiger partial charge in [0, 0.05) is 49.8 Å². The number of pyridine rings is 1. The molecule has 148 valence electrons. The molecule has 2 aromatic carbocycles. The third-order valence-corrected chi connectivity index (χ3v) is 4.99. The fourth-order valence-electron chi connectivity index (χ4n) is 3.37. The smallest absolute Gasteiger partial charge is 0.254 e. The van der Waals surface area contributed by atoms with Gasteiger partial charge in [-0.05, 0) is 48.0 Å². The van der Waals surface area contributed by atoms with E-state index in [0.717, 1.165) is 24.3 Å². The Hall–Kier alpha value is -3.41. The predicted molar refractivity (Wildman–Crippen MR) is 110 cm³/mol. The molecule has 0 unspecified atom stereocenters. The van der Waals surface area contributed by atoms with E-state index in [1.54, 1.807) is 30.6 Å². The minimum atomic E-state index is -0.273. The summed E-state index contributed by atoms with van der Waals surface area (Å²) < 4.78 is 18.8. The Balaban J connectivity index is 1.35. The van der Waals surface area contributed by atoms with E-state index >= 15 is 0 Å². The highest BCUT2D eigenvalue weighted by molar-refractivity contribution is 5.94. The summed E-state index contributed by atoms with van der Waals surface area (Å²) >= 11 is 0. The summed E-state index contributed by atoms with van der Waals surface area (Å²) in [7, 11) is 0. The van der Waals surface area contributed by atoms with Crippen molar-refractivity contribution < 1.29 is 13.9 Å². The number of halogens is 1. The van der Waals surface area contributed by atoms with Crippen molar-refractivity contribution in [1.82, 2.24) is 9.88 Å². The van der Waals surface area contributed by atoms with Crippen LogP contribution in [0.2, 0.25) is 0 Å². The topological polar surface area (TPSA) is 45.7 Å². The Bertz CT molecular complexity index is 955. The molecule has 0 spiro atoms. The number of hydrogen-bond acceptors (Lipinski definition) is 4. The maximum absolute atomic E-state index is 13.0. The summed E-state index contributed by atoms with van der Waals surface area (Å²) in [6, 6.07) is 17.4. The van der Waals surface area contributed by atoms with Crippen molar-refractivity contribution in [2.75, 3.05) is 31.1 Å². The molecule has 0 atom stereocenters. The van der Waals surface area contributed by atoms with E-state index in [0.29, 0.717) is 31.0 Å². The lowest BCUT2D eigenvalue weighted by Crippen LogP contribution is -2.48. The normalized spacial score (nSPS) is 14.0. The number of piperazine rings is 1. The number of carbonyl (C=O) groups excluding carboxylic acids is 1. The van der Waals surface area contributed by atoms with Crippen molar-refractivity contribution >= 4 is 11.6 Å². The molecular weight excluding hydrogens is 369 g/mol. The van der Waals surface area contributed by atoms with E-state index in [1.807, 2.05) is 35.2 Å². The SMILES string of the molecule is O=C(c1cccc(OCc2ccc(F)cc2)c1)N1CCN(c2ccncc2)CC1. The van der Waals surface area contributed by atoms with Crippen LogP contribution in [0.15, 0.2) is 73.1 Å². The lowest BCUT2D eigenvalue weighted by Gasteiger charge is -2.36. The minimum Gasteiger partial charge on any atom is -0.489 e. The molecule has 1 fully saturated rings. The Kier molecular flexibility index (Phi) is 5.70.